The van der Waals surface area contributed by atoms with Gasteiger partial charge in [-0.15, -0.1) is 0 Å². The van der Waals surface area contributed by atoms with Gasteiger partial charge in [-0.3, -0.25) is 0 Å². The molecule has 0 aliphatic heterocycles. The first-order valence-corrected chi connectivity index (χ1v) is 8.67. The Hall–Kier alpha value is -1.14. The van der Waals surface area contributed by atoms with Gasteiger partial charge >= 0.3 is 0 Å². The van der Waals surface area contributed by atoms with Crippen molar-refractivity contribution < 1.29 is 8.42 Å². The van der Waals surface area contributed by atoms with E-state index in [0.717, 1.165) is 12.3 Å². The molecule has 112 valence electrons. The number of nitrogen functional groups attached to an aromatic ring is 1. The van der Waals surface area contributed by atoms with Crippen molar-refractivity contribution in [1.82, 2.24) is 9.71 Å². The fourth-order valence-electron chi connectivity index (χ4n) is 2.69. The Kier molecular flexibility index (Phi) is 4.99. The van der Waals surface area contributed by atoms with Gasteiger partial charge < -0.3 is 5.73 Å². The van der Waals surface area contributed by atoms with E-state index in [1.54, 1.807) is 0 Å². The SMILES string of the molecule is CC1CCC(CCNS(=O)(=O)c2ccnc(N)c2)CC1. The van der Waals surface area contributed by atoms with Crippen LogP contribution < -0.4 is 10.5 Å². The highest BCUT2D eigenvalue weighted by Crippen LogP contribution is 2.30. The van der Waals surface area contributed by atoms with Gasteiger partial charge in [0.15, 0.2) is 0 Å². The van der Waals surface area contributed by atoms with Crippen molar-refractivity contribution in [2.45, 2.75) is 43.9 Å². The number of hydrogen-bond acceptors (Lipinski definition) is 4. The standard InChI is InChI=1S/C14H23N3O2S/c1-11-2-4-12(5-3-11)6-9-17-20(18,19)13-7-8-16-14(15)10-13/h7-8,10-12,17H,2-6,9H2,1H3,(H2,15,16). The largest absolute Gasteiger partial charge is 0.384 e. The lowest BCUT2D eigenvalue weighted by atomic mass is 9.81. The summed E-state index contributed by atoms with van der Waals surface area (Å²) in [7, 11) is -3.46. The van der Waals surface area contributed by atoms with Gasteiger partial charge in [0.1, 0.15) is 5.82 Å². The minimum atomic E-state index is -3.46. The van der Waals surface area contributed by atoms with E-state index in [4.69, 9.17) is 5.73 Å². The molecule has 0 amide bonds. The summed E-state index contributed by atoms with van der Waals surface area (Å²) in [5.41, 5.74) is 5.51. The van der Waals surface area contributed by atoms with Crippen LogP contribution in [-0.4, -0.2) is 19.9 Å². The Morgan fingerprint density at radius 2 is 2.05 bits per heavy atom. The van der Waals surface area contributed by atoms with Crippen molar-refractivity contribution in [3.05, 3.63) is 18.3 Å². The van der Waals surface area contributed by atoms with Crippen molar-refractivity contribution in [3.63, 3.8) is 0 Å². The lowest BCUT2D eigenvalue weighted by molar-refractivity contribution is 0.278. The zero-order valence-corrected chi connectivity index (χ0v) is 12.7. The molecule has 3 N–H and O–H groups in total. The van der Waals surface area contributed by atoms with Gasteiger partial charge in [0.2, 0.25) is 10.0 Å². The van der Waals surface area contributed by atoms with E-state index in [2.05, 4.69) is 16.6 Å². The lowest BCUT2D eigenvalue weighted by Gasteiger charge is -2.26. The van der Waals surface area contributed by atoms with Gasteiger partial charge in [0.05, 0.1) is 4.90 Å². The van der Waals surface area contributed by atoms with Crippen LogP contribution in [0.1, 0.15) is 39.0 Å². The second kappa shape index (κ2) is 6.54. The van der Waals surface area contributed by atoms with Gasteiger partial charge in [-0.05, 0) is 24.3 Å². The highest BCUT2D eigenvalue weighted by atomic mass is 32.2. The summed E-state index contributed by atoms with van der Waals surface area (Å²) in [6, 6.07) is 2.84. The molecular weight excluding hydrogens is 274 g/mol. The molecule has 20 heavy (non-hydrogen) atoms. The fourth-order valence-corrected chi connectivity index (χ4v) is 3.76. The van der Waals surface area contributed by atoms with Crippen molar-refractivity contribution in [2.75, 3.05) is 12.3 Å². The molecule has 1 aromatic heterocycles. The molecule has 1 saturated carbocycles. The van der Waals surface area contributed by atoms with Crippen molar-refractivity contribution in [3.8, 4) is 0 Å². The molecule has 1 aliphatic carbocycles. The van der Waals surface area contributed by atoms with Crippen LogP contribution in [0.2, 0.25) is 0 Å². The van der Waals surface area contributed by atoms with Crippen molar-refractivity contribution in [2.24, 2.45) is 11.8 Å². The Bertz CT molecular complexity index is 537. The number of aromatic nitrogens is 1. The molecule has 0 saturated heterocycles. The van der Waals surface area contributed by atoms with Gasteiger partial charge in [-0.1, -0.05) is 32.6 Å². The average molecular weight is 297 g/mol. The third kappa shape index (κ3) is 4.18. The quantitative estimate of drug-likeness (QED) is 0.872. The first-order chi connectivity index (χ1) is 9.47. The van der Waals surface area contributed by atoms with Gasteiger partial charge in [0, 0.05) is 18.8 Å². The van der Waals surface area contributed by atoms with Crippen LogP contribution in [0.3, 0.4) is 0 Å². The molecule has 5 nitrogen and oxygen atoms in total. The Labute approximate surface area is 121 Å². The summed E-state index contributed by atoms with van der Waals surface area (Å²) >= 11 is 0. The summed E-state index contributed by atoms with van der Waals surface area (Å²) in [6.07, 6.45) is 7.27. The second-order valence-electron chi connectivity index (χ2n) is 5.73. The first kappa shape index (κ1) is 15.3. The van der Waals surface area contributed by atoms with Crippen LogP contribution in [-0.2, 0) is 10.0 Å². The number of pyridine rings is 1. The lowest BCUT2D eigenvalue weighted by Crippen LogP contribution is -2.27. The molecule has 1 aromatic rings. The number of nitrogens with two attached hydrogens (primary N) is 1. The van der Waals surface area contributed by atoms with E-state index < -0.39 is 10.0 Å². The normalized spacial score (nSPS) is 23.6. The average Bonchev–Trinajstić information content (AvgIpc) is 2.41. The van der Waals surface area contributed by atoms with E-state index >= 15 is 0 Å². The van der Waals surface area contributed by atoms with Gasteiger partial charge in [-0.25, -0.2) is 18.1 Å². The molecule has 6 heteroatoms. The summed E-state index contributed by atoms with van der Waals surface area (Å²) < 4.78 is 26.8. The summed E-state index contributed by atoms with van der Waals surface area (Å²) in [6.45, 7) is 2.77. The summed E-state index contributed by atoms with van der Waals surface area (Å²) in [5, 5.41) is 0. The van der Waals surface area contributed by atoms with E-state index in [-0.39, 0.29) is 10.7 Å². The maximum absolute atomic E-state index is 12.1. The summed E-state index contributed by atoms with van der Waals surface area (Å²) in [5.74, 6) is 1.69. The zero-order chi connectivity index (χ0) is 14.6. The molecule has 0 atom stereocenters. The third-order valence-electron chi connectivity index (χ3n) is 4.04. The molecule has 1 fully saturated rings. The van der Waals surface area contributed by atoms with Crippen LogP contribution in [0.25, 0.3) is 0 Å². The minimum Gasteiger partial charge on any atom is -0.384 e. The Morgan fingerprint density at radius 3 is 2.70 bits per heavy atom. The van der Waals surface area contributed by atoms with E-state index in [1.165, 1.54) is 44.0 Å². The second-order valence-corrected chi connectivity index (χ2v) is 7.50. The van der Waals surface area contributed by atoms with E-state index in [9.17, 15) is 8.42 Å². The fraction of sp³-hybridized carbons (Fsp3) is 0.643. The molecule has 0 spiro atoms. The smallest absolute Gasteiger partial charge is 0.240 e. The van der Waals surface area contributed by atoms with Crippen LogP contribution >= 0.6 is 0 Å². The highest BCUT2D eigenvalue weighted by Gasteiger charge is 2.19. The summed E-state index contributed by atoms with van der Waals surface area (Å²) in [4.78, 5) is 3.98. The first-order valence-electron chi connectivity index (χ1n) is 7.18. The van der Waals surface area contributed by atoms with Crippen LogP contribution in [0.4, 0.5) is 5.82 Å². The number of nitrogens with one attached hydrogen (secondary N) is 1. The van der Waals surface area contributed by atoms with E-state index in [1.807, 2.05) is 0 Å². The molecule has 1 aliphatic rings. The molecule has 1 heterocycles. The van der Waals surface area contributed by atoms with Gasteiger partial charge in [-0.2, -0.15) is 0 Å². The van der Waals surface area contributed by atoms with Gasteiger partial charge in [0.25, 0.3) is 0 Å². The topological polar surface area (TPSA) is 85.1 Å². The molecule has 0 aromatic carbocycles. The van der Waals surface area contributed by atoms with E-state index in [0.29, 0.717) is 12.5 Å². The Morgan fingerprint density at radius 1 is 1.35 bits per heavy atom. The number of anilines is 1. The zero-order valence-electron chi connectivity index (χ0n) is 11.9. The molecule has 0 bridgehead atoms. The highest BCUT2D eigenvalue weighted by molar-refractivity contribution is 7.89. The number of rotatable bonds is 5. The third-order valence-corrected chi connectivity index (χ3v) is 5.50. The predicted octanol–water partition coefficient (Wildman–Crippen LogP) is 2.16. The maximum Gasteiger partial charge on any atom is 0.240 e. The molecule has 0 unspecified atom stereocenters. The maximum atomic E-state index is 12.1. The number of sulfonamides is 1. The minimum absolute atomic E-state index is 0.183. The molecule has 0 radical (unpaired) electrons. The molecular formula is C14H23N3O2S. The van der Waals surface area contributed by atoms with Crippen LogP contribution in [0, 0.1) is 11.8 Å². The molecule has 2 rings (SSSR count). The Balaban J connectivity index is 1.84. The van der Waals surface area contributed by atoms with Crippen molar-refractivity contribution >= 4 is 15.8 Å². The number of hydrogen-bond donors (Lipinski definition) is 2. The number of nitrogens with zero attached hydrogens (tertiary/aromatic N) is 1. The monoisotopic (exact) mass is 297 g/mol. The van der Waals surface area contributed by atoms with Crippen molar-refractivity contribution in [1.29, 1.82) is 0 Å². The van der Waals surface area contributed by atoms with Crippen LogP contribution in [0.15, 0.2) is 23.2 Å². The van der Waals surface area contributed by atoms with Crippen LogP contribution in [0.5, 0.6) is 0 Å². The predicted molar refractivity (Wildman–Crippen MR) is 79.6 cm³/mol.